The second kappa shape index (κ2) is 2.79. The molecule has 0 fully saturated rings. The van der Waals surface area contributed by atoms with Gasteiger partial charge in [-0.2, -0.15) is 0 Å². The van der Waals surface area contributed by atoms with E-state index >= 15 is 0 Å². The Morgan fingerprint density at radius 3 is 3.00 bits per heavy atom. The van der Waals surface area contributed by atoms with Crippen molar-refractivity contribution in [2.75, 3.05) is 0 Å². The Balaban J connectivity index is 2.91. The van der Waals surface area contributed by atoms with Crippen molar-refractivity contribution in [1.29, 1.82) is 0 Å². The Morgan fingerprint density at radius 1 is 1.33 bits per heavy atom. The fourth-order valence-electron chi connectivity index (χ4n) is 0.995. The third kappa shape index (κ3) is 1.08. The number of nitrogens with zero attached hydrogens (tertiary/aromatic N) is 2. The summed E-state index contributed by atoms with van der Waals surface area (Å²) in [6, 6.07) is 3.00. The molecular weight excluding hydrogens is 223 g/mol. The van der Waals surface area contributed by atoms with Gasteiger partial charge in [-0.25, -0.2) is 14.4 Å². The zero-order chi connectivity index (χ0) is 8.55. The molecule has 0 radical (unpaired) electrons. The van der Waals surface area contributed by atoms with Gasteiger partial charge < -0.3 is 0 Å². The third-order valence-electron chi connectivity index (χ3n) is 1.58. The van der Waals surface area contributed by atoms with Crippen LogP contribution in [0.1, 0.15) is 0 Å². The maximum absolute atomic E-state index is 12.9. The molecule has 0 aliphatic rings. The molecule has 1 aromatic carbocycles. The fourth-order valence-corrected chi connectivity index (χ4v) is 1.43. The minimum absolute atomic E-state index is 0.294. The van der Waals surface area contributed by atoms with Crippen LogP contribution >= 0.6 is 15.9 Å². The van der Waals surface area contributed by atoms with Gasteiger partial charge in [0, 0.05) is 11.6 Å². The quantitative estimate of drug-likeness (QED) is 0.691. The summed E-state index contributed by atoms with van der Waals surface area (Å²) >= 11 is 3.13. The molecular formula is C8H4BrFN2. The van der Waals surface area contributed by atoms with Gasteiger partial charge in [0.05, 0.1) is 9.99 Å². The summed E-state index contributed by atoms with van der Waals surface area (Å²) in [6.45, 7) is 0. The number of rotatable bonds is 0. The second-order valence-corrected chi connectivity index (χ2v) is 3.11. The van der Waals surface area contributed by atoms with Crippen LogP contribution in [0.5, 0.6) is 0 Å². The smallest absolute Gasteiger partial charge is 0.138 e. The molecule has 2 aromatic rings. The van der Waals surface area contributed by atoms with Crippen LogP contribution in [-0.2, 0) is 0 Å². The largest absolute Gasteiger partial charge is 0.244 e. The molecule has 2 rings (SSSR count). The van der Waals surface area contributed by atoms with Crippen LogP contribution in [0.3, 0.4) is 0 Å². The Hall–Kier alpha value is -1.03. The summed E-state index contributed by atoms with van der Waals surface area (Å²) in [7, 11) is 0. The van der Waals surface area contributed by atoms with Crippen LogP contribution in [0, 0.1) is 5.82 Å². The highest BCUT2D eigenvalue weighted by molar-refractivity contribution is 9.10. The van der Waals surface area contributed by atoms with E-state index in [2.05, 4.69) is 25.9 Å². The lowest BCUT2D eigenvalue weighted by Crippen LogP contribution is -1.84. The van der Waals surface area contributed by atoms with E-state index in [9.17, 15) is 4.39 Å². The molecule has 0 bridgehead atoms. The molecule has 60 valence electrons. The zero-order valence-corrected chi connectivity index (χ0v) is 7.55. The Morgan fingerprint density at radius 2 is 2.17 bits per heavy atom. The Labute approximate surface area is 76.6 Å². The average Bonchev–Trinajstić information content (AvgIpc) is 2.12. The summed E-state index contributed by atoms with van der Waals surface area (Å²) in [5.41, 5.74) is 0.735. The van der Waals surface area contributed by atoms with Gasteiger partial charge >= 0.3 is 0 Å². The average molecular weight is 227 g/mol. The number of halogens is 2. The van der Waals surface area contributed by atoms with Gasteiger partial charge in [-0.3, -0.25) is 0 Å². The first kappa shape index (κ1) is 7.61. The van der Waals surface area contributed by atoms with Crippen LogP contribution in [0.2, 0.25) is 0 Å². The van der Waals surface area contributed by atoms with E-state index < -0.39 is 0 Å². The molecule has 0 aliphatic carbocycles. The maximum atomic E-state index is 12.9. The number of aromatic nitrogens is 2. The predicted molar refractivity (Wildman–Crippen MR) is 47.2 cm³/mol. The van der Waals surface area contributed by atoms with Gasteiger partial charge in [0.2, 0.25) is 0 Å². The maximum Gasteiger partial charge on any atom is 0.138 e. The monoisotopic (exact) mass is 226 g/mol. The lowest BCUT2D eigenvalue weighted by Gasteiger charge is -1.98. The van der Waals surface area contributed by atoms with E-state index in [4.69, 9.17) is 0 Å². The highest BCUT2D eigenvalue weighted by Gasteiger charge is 2.03. The van der Waals surface area contributed by atoms with E-state index in [0.717, 1.165) is 5.52 Å². The van der Waals surface area contributed by atoms with E-state index in [1.54, 1.807) is 12.3 Å². The van der Waals surface area contributed by atoms with E-state index in [1.807, 2.05) is 0 Å². The molecule has 0 atom stereocenters. The fraction of sp³-hybridized carbons (Fsp3) is 0. The molecule has 12 heavy (non-hydrogen) atoms. The van der Waals surface area contributed by atoms with Gasteiger partial charge in [0.15, 0.2) is 0 Å². The number of benzene rings is 1. The first-order valence-electron chi connectivity index (χ1n) is 3.33. The highest BCUT2D eigenvalue weighted by atomic mass is 79.9. The van der Waals surface area contributed by atoms with Gasteiger partial charge in [-0.05, 0) is 28.1 Å². The second-order valence-electron chi connectivity index (χ2n) is 2.32. The molecule has 0 saturated carbocycles. The molecule has 0 aliphatic heterocycles. The lowest BCUT2D eigenvalue weighted by atomic mass is 10.2. The normalized spacial score (nSPS) is 10.5. The topological polar surface area (TPSA) is 25.8 Å². The Kier molecular flexibility index (Phi) is 1.77. The Bertz CT molecular complexity index is 430. The number of hydrogen-bond acceptors (Lipinski definition) is 2. The molecule has 2 nitrogen and oxygen atoms in total. The van der Waals surface area contributed by atoms with Crippen molar-refractivity contribution in [1.82, 2.24) is 9.97 Å². The van der Waals surface area contributed by atoms with E-state index in [0.29, 0.717) is 9.86 Å². The molecule has 0 unspecified atom stereocenters. The minimum atomic E-state index is -0.294. The molecule has 0 saturated heterocycles. The predicted octanol–water partition coefficient (Wildman–Crippen LogP) is 2.53. The van der Waals surface area contributed by atoms with Crippen LogP contribution in [0.25, 0.3) is 10.9 Å². The van der Waals surface area contributed by atoms with Crippen molar-refractivity contribution >= 4 is 26.8 Å². The zero-order valence-electron chi connectivity index (χ0n) is 5.96. The van der Waals surface area contributed by atoms with Crippen molar-refractivity contribution in [2.45, 2.75) is 0 Å². The highest BCUT2D eigenvalue weighted by Crippen LogP contribution is 2.24. The number of hydrogen-bond donors (Lipinski definition) is 0. The van der Waals surface area contributed by atoms with Crippen molar-refractivity contribution in [3.05, 3.63) is 34.9 Å². The van der Waals surface area contributed by atoms with Crippen molar-refractivity contribution < 1.29 is 4.39 Å². The summed E-state index contributed by atoms with van der Waals surface area (Å²) in [5.74, 6) is -0.294. The van der Waals surface area contributed by atoms with Gasteiger partial charge in [0.1, 0.15) is 12.1 Å². The molecule has 0 N–H and O–H groups in total. The van der Waals surface area contributed by atoms with Crippen LogP contribution in [-0.4, -0.2) is 9.97 Å². The summed E-state index contributed by atoms with van der Waals surface area (Å²) in [4.78, 5) is 7.78. The summed E-state index contributed by atoms with van der Waals surface area (Å²) < 4.78 is 13.4. The molecule has 1 aromatic heterocycles. The SMILES string of the molecule is Fc1ccc2ncncc2c1Br. The molecule has 0 spiro atoms. The lowest BCUT2D eigenvalue weighted by molar-refractivity contribution is 0.623. The van der Waals surface area contributed by atoms with Crippen molar-refractivity contribution in [2.24, 2.45) is 0 Å². The van der Waals surface area contributed by atoms with Gasteiger partial charge in [-0.15, -0.1) is 0 Å². The molecule has 0 amide bonds. The van der Waals surface area contributed by atoms with Crippen LogP contribution < -0.4 is 0 Å². The summed E-state index contributed by atoms with van der Waals surface area (Å²) in [6.07, 6.45) is 3.02. The molecule has 1 heterocycles. The van der Waals surface area contributed by atoms with Gasteiger partial charge in [0.25, 0.3) is 0 Å². The van der Waals surface area contributed by atoms with Crippen molar-refractivity contribution in [3.8, 4) is 0 Å². The van der Waals surface area contributed by atoms with Crippen molar-refractivity contribution in [3.63, 3.8) is 0 Å². The summed E-state index contributed by atoms with van der Waals surface area (Å²) in [5, 5.41) is 0.692. The first-order chi connectivity index (χ1) is 5.79. The molecule has 4 heteroatoms. The third-order valence-corrected chi connectivity index (χ3v) is 2.38. The standard InChI is InChI=1S/C8H4BrFN2/c9-8-5-3-11-4-12-7(5)2-1-6(8)10/h1-4H. The van der Waals surface area contributed by atoms with Crippen LogP contribution in [0.15, 0.2) is 29.1 Å². The van der Waals surface area contributed by atoms with Gasteiger partial charge in [-0.1, -0.05) is 0 Å². The number of fused-ring (bicyclic) bond motifs is 1. The van der Waals surface area contributed by atoms with E-state index in [1.165, 1.54) is 12.4 Å². The van der Waals surface area contributed by atoms with Crippen LogP contribution in [0.4, 0.5) is 4.39 Å². The first-order valence-corrected chi connectivity index (χ1v) is 4.12. The minimum Gasteiger partial charge on any atom is -0.244 e. The van der Waals surface area contributed by atoms with E-state index in [-0.39, 0.29) is 5.82 Å².